The van der Waals surface area contributed by atoms with Crippen LogP contribution in [0.25, 0.3) is 11.0 Å². The number of aromatic nitrogens is 3. The first-order valence-electron chi connectivity index (χ1n) is 10.1. The van der Waals surface area contributed by atoms with Crippen molar-refractivity contribution in [2.24, 2.45) is 17.8 Å². The van der Waals surface area contributed by atoms with Crippen molar-refractivity contribution in [1.29, 1.82) is 0 Å². The third-order valence-corrected chi connectivity index (χ3v) is 7.43. The molecular weight excluding hydrogens is 364 g/mol. The zero-order valence-electron chi connectivity index (χ0n) is 15.6. The van der Waals surface area contributed by atoms with Crippen molar-refractivity contribution >= 4 is 28.6 Å². The number of fused-ring (bicyclic) bond motifs is 1. The molecule has 3 atom stereocenters. The highest BCUT2D eigenvalue weighted by Crippen LogP contribution is 2.56. The largest absolute Gasteiger partial charge is 0.394 e. The van der Waals surface area contributed by atoms with Crippen LogP contribution >= 0.6 is 11.6 Å². The maximum atomic E-state index is 10.8. The minimum Gasteiger partial charge on any atom is -0.394 e. The molecule has 2 unspecified atom stereocenters. The van der Waals surface area contributed by atoms with E-state index in [9.17, 15) is 10.2 Å². The number of rotatable bonds is 5. The SMILES string of the molecule is CC[C@@H](CO)n1ccc2c(Cl)nc(NC3C4CC5CC3CC(O)(C5)C4)nc21. The van der Waals surface area contributed by atoms with E-state index in [-0.39, 0.29) is 12.6 Å². The third-order valence-electron chi connectivity index (χ3n) is 7.14. The van der Waals surface area contributed by atoms with Crippen LogP contribution in [-0.2, 0) is 0 Å². The highest BCUT2D eigenvalue weighted by Gasteiger charge is 2.54. The topological polar surface area (TPSA) is 83.2 Å². The molecule has 4 aliphatic rings. The molecule has 0 saturated heterocycles. The van der Waals surface area contributed by atoms with E-state index < -0.39 is 5.60 Å². The van der Waals surface area contributed by atoms with E-state index in [0.717, 1.165) is 36.7 Å². The molecule has 0 radical (unpaired) electrons. The van der Waals surface area contributed by atoms with E-state index in [2.05, 4.69) is 10.3 Å². The van der Waals surface area contributed by atoms with Gasteiger partial charge in [-0.3, -0.25) is 0 Å². The second-order valence-corrected chi connectivity index (χ2v) is 9.27. The molecule has 2 heterocycles. The predicted octanol–water partition coefficient (Wildman–Crippen LogP) is 3.38. The van der Waals surface area contributed by atoms with Gasteiger partial charge in [-0.1, -0.05) is 18.5 Å². The average Bonchev–Trinajstić information content (AvgIpc) is 3.02. The van der Waals surface area contributed by atoms with Crippen molar-refractivity contribution in [3.63, 3.8) is 0 Å². The molecule has 6 nitrogen and oxygen atoms in total. The number of nitrogens with zero attached hydrogens (tertiary/aromatic N) is 3. The molecule has 7 heteroatoms. The van der Waals surface area contributed by atoms with Crippen molar-refractivity contribution in [1.82, 2.24) is 14.5 Å². The summed E-state index contributed by atoms with van der Waals surface area (Å²) >= 11 is 6.45. The first-order chi connectivity index (χ1) is 13.0. The second-order valence-electron chi connectivity index (χ2n) is 8.91. The monoisotopic (exact) mass is 390 g/mol. The number of aliphatic hydroxyl groups excluding tert-OH is 1. The van der Waals surface area contributed by atoms with Crippen molar-refractivity contribution in [2.45, 2.75) is 63.1 Å². The van der Waals surface area contributed by atoms with Crippen LogP contribution in [0.4, 0.5) is 5.95 Å². The van der Waals surface area contributed by atoms with Gasteiger partial charge in [-0.2, -0.15) is 4.98 Å². The van der Waals surface area contributed by atoms with E-state index >= 15 is 0 Å². The molecule has 2 aromatic rings. The summed E-state index contributed by atoms with van der Waals surface area (Å²) in [4.78, 5) is 9.26. The van der Waals surface area contributed by atoms with Gasteiger partial charge >= 0.3 is 0 Å². The van der Waals surface area contributed by atoms with Crippen LogP contribution in [0.15, 0.2) is 12.3 Å². The number of hydrogen-bond donors (Lipinski definition) is 3. The van der Waals surface area contributed by atoms with Crippen LogP contribution in [-0.4, -0.2) is 43.0 Å². The zero-order chi connectivity index (χ0) is 18.8. The summed E-state index contributed by atoms with van der Waals surface area (Å²) < 4.78 is 1.99. The van der Waals surface area contributed by atoms with Gasteiger partial charge in [0.1, 0.15) is 10.8 Å². The molecular formula is C20H27ClN4O2. The number of hydrogen-bond acceptors (Lipinski definition) is 5. The van der Waals surface area contributed by atoms with Gasteiger partial charge < -0.3 is 20.1 Å². The molecule has 27 heavy (non-hydrogen) atoms. The van der Waals surface area contributed by atoms with Gasteiger partial charge in [-0.05, 0) is 62.3 Å². The fraction of sp³-hybridized carbons (Fsp3) is 0.700. The van der Waals surface area contributed by atoms with Crippen LogP contribution in [0.3, 0.4) is 0 Å². The molecule has 4 saturated carbocycles. The van der Waals surface area contributed by atoms with Gasteiger partial charge in [-0.15, -0.1) is 0 Å². The average molecular weight is 391 g/mol. The number of aliphatic hydroxyl groups is 2. The van der Waals surface area contributed by atoms with E-state index in [4.69, 9.17) is 16.6 Å². The zero-order valence-corrected chi connectivity index (χ0v) is 16.4. The fourth-order valence-corrected chi connectivity index (χ4v) is 6.36. The molecule has 0 aliphatic heterocycles. The molecule has 4 fully saturated rings. The Morgan fingerprint density at radius 3 is 2.67 bits per heavy atom. The quantitative estimate of drug-likeness (QED) is 0.681. The Morgan fingerprint density at radius 2 is 2.04 bits per heavy atom. The molecule has 0 amide bonds. The standard InChI is InChI=1S/C20H27ClN4O2/c1-2-14(10-26)25-4-3-15-17(21)23-19(24-18(15)25)22-16-12-5-11-6-13(16)9-20(27,7-11)8-12/h3-4,11-14,16,26-27H,2,5-10H2,1H3,(H,22,23,24)/t11?,12?,13?,14-,16?,20?/m0/s1. The summed E-state index contributed by atoms with van der Waals surface area (Å²) in [6.07, 6.45) is 7.86. The van der Waals surface area contributed by atoms with Gasteiger partial charge in [0.05, 0.1) is 23.6 Å². The molecule has 0 aromatic carbocycles. The smallest absolute Gasteiger partial charge is 0.226 e. The summed E-state index contributed by atoms with van der Waals surface area (Å²) in [6.45, 7) is 2.12. The van der Waals surface area contributed by atoms with Gasteiger partial charge in [0.2, 0.25) is 5.95 Å². The lowest BCUT2D eigenvalue weighted by Crippen LogP contribution is -2.59. The summed E-state index contributed by atoms with van der Waals surface area (Å²) in [7, 11) is 0. The van der Waals surface area contributed by atoms with Crippen LogP contribution < -0.4 is 5.32 Å². The highest BCUT2D eigenvalue weighted by molar-refractivity contribution is 6.34. The predicted molar refractivity (Wildman–Crippen MR) is 105 cm³/mol. The fourth-order valence-electron chi connectivity index (χ4n) is 6.14. The van der Waals surface area contributed by atoms with E-state index in [1.54, 1.807) is 0 Å². The summed E-state index contributed by atoms with van der Waals surface area (Å²) in [5.74, 6) is 2.19. The van der Waals surface area contributed by atoms with Crippen LogP contribution in [0.1, 0.15) is 51.5 Å². The lowest BCUT2D eigenvalue weighted by Gasteiger charge is -2.58. The van der Waals surface area contributed by atoms with Gasteiger partial charge in [0, 0.05) is 12.2 Å². The molecule has 4 bridgehead atoms. The Labute approximate surface area is 164 Å². The lowest BCUT2D eigenvalue weighted by atomic mass is 9.52. The maximum Gasteiger partial charge on any atom is 0.226 e. The summed E-state index contributed by atoms with van der Waals surface area (Å²) in [6, 6.07) is 2.20. The van der Waals surface area contributed by atoms with E-state index in [1.807, 2.05) is 23.8 Å². The van der Waals surface area contributed by atoms with E-state index in [1.165, 1.54) is 12.8 Å². The van der Waals surface area contributed by atoms with Crippen LogP contribution in [0.5, 0.6) is 0 Å². The van der Waals surface area contributed by atoms with Crippen molar-refractivity contribution in [3.8, 4) is 0 Å². The molecule has 2 aromatic heterocycles. The third kappa shape index (κ3) is 2.84. The Morgan fingerprint density at radius 1 is 1.30 bits per heavy atom. The Hall–Kier alpha value is -1.37. The lowest BCUT2D eigenvalue weighted by molar-refractivity contribution is -0.129. The minimum absolute atomic E-state index is 0.0169. The summed E-state index contributed by atoms with van der Waals surface area (Å²) in [5, 5.41) is 25.3. The second kappa shape index (κ2) is 6.33. The Balaban J connectivity index is 1.46. The molecule has 4 aliphatic carbocycles. The minimum atomic E-state index is -0.443. The first-order valence-corrected chi connectivity index (χ1v) is 10.5. The van der Waals surface area contributed by atoms with Gasteiger partial charge in [-0.25, -0.2) is 4.98 Å². The summed E-state index contributed by atoms with van der Waals surface area (Å²) in [5.41, 5.74) is 0.322. The molecule has 146 valence electrons. The Bertz CT molecular complexity index is 849. The van der Waals surface area contributed by atoms with Crippen molar-refractivity contribution in [3.05, 3.63) is 17.4 Å². The molecule has 3 N–H and O–H groups in total. The van der Waals surface area contributed by atoms with Crippen LogP contribution in [0, 0.1) is 17.8 Å². The van der Waals surface area contributed by atoms with E-state index in [0.29, 0.717) is 34.9 Å². The normalized spacial score (nSPS) is 35.7. The number of halogens is 1. The molecule has 0 spiro atoms. The Kier molecular flexibility index (Phi) is 4.15. The number of anilines is 1. The molecule has 6 rings (SSSR count). The highest BCUT2D eigenvalue weighted by atomic mass is 35.5. The van der Waals surface area contributed by atoms with Crippen LogP contribution in [0.2, 0.25) is 5.15 Å². The number of nitrogens with one attached hydrogen (secondary N) is 1. The van der Waals surface area contributed by atoms with Gasteiger partial charge in [0.25, 0.3) is 0 Å². The van der Waals surface area contributed by atoms with Crippen molar-refractivity contribution in [2.75, 3.05) is 11.9 Å². The van der Waals surface area contributed by atoms with Crippen molar-refractivity contribution < 1.29 is 10.2 Å². The first kappa shape index (κ1) is 17.7. The van der Waals surface area contributed by atoms with Gasteiger partial charge in [0.15, 0.2) is 0 Å². The maximum absolute atomic E-state index is 10.8.